The molecule has 1 aromatic carbocycles. The van der Waals surface area contributed by atoms with Crippen molar-refractivity contribution in [1.29, 1.82) is 5.41 Å². The van der Waals surface area contributed by atoms with Crippen molar-refractivity contribution >= 4 is 56.1 Å². The van der Waals surface area contributed by atoms with Crippen molar-refractivity contribution in [3.05, 3.63) is 40.4 Å². The summed E-state index contributed by atoms with van der Waals surface area (Å²) in [6.45, 7) is 3.28. The van der Waals surface area contributed by atoms with Gasteiger partial charge < -0.3 is 36.8 Å². The average Bonchev–Trinajstić information content (AvgIpc) is 3.31. The van der Waals surface area contributed by atoms with E-state index in [9.17, 15) is 32.5 Å². The van der Waals surface area contributed by atoms with Gasteiger partial charge in [-0.25, -0.2) is 14.1 Å². The molecule has 42 heavy (non-hydrogen) atoms. The Kier molecular flexibility index (Phi) is 10.4. The van der Waals surface area contributed by atoms with Crippen LogP contribution in [0.1, 0.15) is 30.0 Å². The second-order valence-electron chi connectivity index (χ2n) is 8.78. The van der Waals surface area contributed by atoms with Crippen molar-refractivity contribution in [2.75, 3.05) is 25.4 Å². The highest BCUT2D eigenvalue weighted by Gasteiger charge is 2.51. The number of oxime groups is 1. The molecule has 0 saturated carbocycles. The van der Waals surface area contributed by atoms with Gasteiger partial charge >= 0.3 is 16.3 Å². The number of β-lactam (4-membered cyclic amide) rings is 1. The molecule has 2 heterocycles. The minimum Gasteiger partial charge on any atom is -0.489 e. The van der Waals surface area contributed by atoms with Crippen molar-refractivity contribution in [1.82, 2.24) is 19.9 Å². The van der Waals surface area contributed by atoms with Crippen LogP contribution in [0.15, 0.2) is 29.4 Å². The van der Waals surface area contributed by atoms with E-state index in [1.54, 1.807) is 19.1 Å². The van der Waals surface area contributed by atoms with Crippen LogP contribution in [0.2, 0.25) is 0 Å². The van der Waals surface area contributed by atoms with Gasteiger partial charge in [0, 0.05) is 23.5 Å². The molecule has 0 spiro atoms. The quantitative estimate of drug-likeness (QED) is 0.0433. The number of aromatic nitrogens is 1. The lowest BCUT2D eigenvalue weighted by molar-refractivity contribution is -0.152. The number of carboxylic acids is 1. The lowest BCUT2D eigenvalue weighted by Crippen LogP contribution is -2.71. The molecule has 1 saturated heterocycles. The molecule has 17 nitrogen and oxygen atoms in total. The molecule has 2 aromatic rings. The van der Waals surface area contributed by atoms with E-state index in [-0.39, 0.29) is 26.7 Å². The molecule has 0 radical (unpaired) electrons. The molecular weight excluding hydrogens is 596 g/mol. The number of nitrogens with zero attached hydrogens (tertiary/aromatic N) is 3. The molecule has 228 valence electrons. The van der Waals surface area contributed by atoms with Crippen molar-refractivity contribution in [3.63, 3.8) is 0 Å². The third-order valence-corrected chi connectivity index (χ3v) is 7.92. The van der Waals surface area contributed by atoms with Crippen LogP contribution in [-0.2, 0) is 35.9 Å². The number of aliphatic carboxylic acids is 1. The summed E-state index contributed by atoms with van der Waals surface area (Å²) in [5.41, 5.74) is 11.2. The molecule has 0 bridgehead atoms. The molecular formula is C23H30N8O9S2. The number of nitrogen functional groups attached to an aromatic ring is 1. The number of ether oxygens (including phenoxy) is 1. The van der Waals surface area contributed by atoms with Gasteiger partial charge in [-0.15, -0.1) is 11.3 Å². The number of amides is 2. The Balaban J connectivity index is 1.78. The number of hydrogen-bond donors (Lipinski definition) is 7. The third kappa shape index (κ3) is 7.49. The SMILES string of the molecule is CCc1sc(N)nc1/C(=N/OC(COc1ccc(C(=N)NCCN)cc1)C(=O)O)C(=O)N[C@@H]1C(=O)N(S(=O)(=O)O)[C@H]1C. The molecule has 0 aliphatic carbocycles. The summed E-state index contributed by atoms with van der Waals surface area (Å²) >= 11 is 1.05. The number of benzene rings is 1. The van der Waals surface area contributed by atoms with Crippen LogP contribution in [-0.4, -0.2) is 94.6 Å². The van der Waals surface area contributed by atoms with Gasteiger partial charge in [0.1, 0.15) is 29.9 Å². The normalized spacial score (nSPS) is 17.7. The Hall–Kier alpha value is -4.33. The van der Waals surface area contributed by atoms with Crippen molar-refractivity contribution in [2.24, 2.45) is 10.9 Å². The summed E-state index contributed by atoms with van der Waals surface area (Å²) in [6, 6.07) is 3.77. The predicted molar refractivity (Wildman–Crippen MR) is 151 cm³/mol. The fraction of sp³-hybridized carbons (Fsp3) is 0.391. The number of aryl methyl sites for hydroxylation is 1. The summed E-state index contributed by atoms with van der Waals surface area (Å²) in [5, 5.41) is 26.6. The van der Waals surface area contributed by atoms with E-state index in [0.717, 1.165) is 11.3 Å². The second-order valence-corrected chi connectivity index (χ2v) is 11.2. The topological polar surface area (TPSA) is 273 Å². The van der Waals surface area contributed by atoms with Crippen molar-refractivity contribution < 1.29 is 42.0 Å². The van der Waals surface area contributed by atoms with E-state index >= 15 is 0 Å². The van der Waals surface area contributed by atoms with Crippen LogP contribution >= 0.6 is 11.3 Å². The number of carbonyl (C=O) groups excluding carboxylic acids is 2. The minimum atomic E-state index is -4.83. The predicted octanol–water partition coefficient (Wildman–Crippen LogP) is -1.07. The maximum Gasteiger partial charge on any atom is 0.362 e. The summed E-state index contributed by atoms with van der Waals surface area (Å²) in [6.07, 6.45) is -1.33. The Morgan fingerprint density at radius 3 is 2.52 bits per heavy atom. The van der Waals surface area contributed by atoms with Gasteiger partial charge in [0.25, 0.3) is 17.9 Å². The number of rotatable bonds is 14. The van der Waals surface area contributed by atoms with Gasteiger partial charge in [0.15, 0.2) is 10.8 Å². The summed E-state index contributed by atoms with van der Waals surface area (Å²) in [4.78, 5) is 47.1. The Labute approximate surface area is 244 Å². The number of nitrogens with one attached hydrogen (secondary N) is 3. The summed E-state index contributed by atoms with van der Waals surface area (Å²) in [5.74, 6) is -3.16. The number of anilines is 1. The van der Waals surface area contributed by atoms with Gasteiger partial charge in [-0.3, -0.25) is 19.6 Å². The van der Waals surface area contributed by atoms with Crippen LogP contribution in [0.25, 0.3) is 0 Å². The summed E-state index contributed by atoms with van der Waals surface area (Å²) in [7, 11) is -4.83. The van der Waals surface area contributed by atoms with E-state index in [2.05, 4.69) is 20.8 Å². The van der Waals surface area contributed by atoms with E-state index < -0.39 is 58.6 Å². The van der Waals surface area contributed by atoms with E-state index in [1.807, 2.05) is 0 Å². The Morgan fingerprint density at radius 2 is 1.98 bits per heavy atom. The Bertz CT molecular complexity index is 1480. The van der Waals surface area contributed by atoms with E-state index in [4.69, 9.17) is 26.5 Å². The fourth-order valence-corrected chi connectivity index (χ4v) is 5.41. The molecule has 3 rings (SSSR count). The van der Waals surface area contributed by atoms with Crippen LogP contribution < -0.4 is 26.8 Å². The number of nitrogens with two attached hydrogens (primary N) is 2. The van der Waals surface area contributed by atoms with Gasteiger partial charge in [0.05, 0.1) is 6.04 Å². The molecule has 1 aliphatic heterocycles. The first kappa shape index (κ1) is 32.2. The zero-order valence-corrected chi connectivity index (χ0v) is 24.1. The molecule has 1 fully saturated rings. The monoisotopic (exact) mass is 626 g/mol. The number of hydrogen-bond acceptors (Lipinski definition) is 13. The molecule has 9 N–H and O–H groups in total. The lowest BCUT2D eigenvalue weighted by Gasteiger charge is -2.42. The number of carboxylic acid groups (broad SMARTS) is 1. The molecule has 2 amide bonds. The minimum absolute atomic E-state index is 0.0186. The van der Waals surface area contributed by atoms with Gasteiger partial charge in [-0.2, -0.15) is 8.42 Å². The molecule has 19 heteroatoms. The average molecular weight is 627 g/mol. The first-order valence-corrected chi connectivity index (χ1v) is 14.6. The zero-order chi connectivity index (χ0) is 31.2. The number of carbonyl (C=O) groups is 3. The van der Waals surface area contributed by atoms with E-state index in [0.29, 0.717) is 30.0 Å². The van der Waals surface area contributed by atoms with Crippen LogP contribution in [0.3, 0.4) is 0 Å². The first-order chi connectivity index (χ1) is 19.8. The van der Waals surface area contributed by atoms with E-state index in [1.165, 1.54) is 19.1 Å². The highest BCUT2D eigenvalue weighted by molar-refractivity contribution is 7.84. The molecule has 1 aliphatic rings. The second kappa shape index (κ2) is 13.6. The number of amidine groups is 1. The number of thiazole rings is 1. The lowest BCUT2D eigenvalue weighted by atomic mass is 10.0. The standard InChI is InChI=1S/C23H30N8O9S2/c1-3-15-17(29-23(26)41-15)18(20(32)28-16-11(2)31(21(16)33)42(36,37)38)30-40-14(22(34)35)10-39-13-6-4-12(5-7-13)19(25)27-9-8-24/h4-7,11,14,16H,3,8-10,24H2,1-2H3,(H2,25,27)(H2,26,29)(H,28,32)(H,34,35)(H,36,37,38)/b30-18-/t11-,14?,16-/m0/s1. The van der Waals surface area contributed by atoms with Crippen LogP contribution in [0.4, 0.5) is 5.13 Å². The van der Waals surface area contributed by atoms with Gasteiger partial charge in [-0.05, 0) is 37.6 Å². The van der Waals surface area contributed by atoms with Gasteiger partial charge in [0.2, 0.25) is 0 Å². The summed E-state index contributed by atoms with van der Waals surface area (Å²) < 4.78 is 37.7. The van der Waals surface area contributed by atoms with Crippen molar-refractivity contribution in [3.8, 4) is 5.75 Å². The molecule has 1 unspecified atom stereocenters. The van der Waals surface area contributed by atoms with Crippen LogP contribution in [0, 0.1) is 5.41 Å². The zero-order valence-electron chi connectivity index (χ0n) is 22.4. The molecule has 3 atom stereocenters. The largest absolute Gasteiger partial charge is 0.489 e. The fourth-order valence-electron chi connectivity index (χ4n) is 3.75. The smallest absolute Gasteiger partial charge is 0.362 e. The van der Waals surface area contributed by atoms with Gasteiger partial charge in [-0.1, -0.05) is 12.1 Å². The van der Waals surface area contributed by atoms with Crippen LogP contribution in [0.5, 0.6) is 5.75 Å². The molecule has 1 aromatic heterocycles. The third-order valence-electron chi connectivity index (χ3n) is 5.88. The van der Waals surface area contributed by atoms with Crippen molar-refractivity contribution in [2.45, 2.75) is 38.5 Å². The first-order valence-electron chi connectivity index (χ1n) is 12.4. The Morgan fingerprint density at radius 1 is 1.31 bits per heavy atom. The maximum atomic E-state index is 13.2. The highest BCUT2D eigenvalue weighted by atomic mass is 32.2. The maximum absolute atomic E-state index is 13.2. The highest BCUT2D eigenvalue weighted by Crippen LogP contribution is 2.25.